The van der Waals surface area contributed by atoms with Crippen LogP contribution in [0.15, 0.2) is 11.6 Å². The van der Waals surface area contributed by atoms with Crippen LogP contribution in [0.25, 0.3) is 0 Å². The Bertz CT molecular complexity index is 200. The molecule has 0 saturated carbocycles. The summed E-state index contributed by atoms with van der Waals surface area (Å²) in [4.78, 5) is 11.4. The lowest BCUT2D eigenvalue weighted by atomic mass is 10.2. The van der Waals surface area contributed by atoms with E-state index in [4.69, 9.17) is 5.73 Å². The van der Waals surface area contributed by atoms with E-state index in [1.165, 1.54) is 5.57 Å². The summed E-state index contributed by atoms with van der Waals surface area (Å²) in [5, 5.41) is 2.77. The van der Waals surface area contributed by atoms with Crippen molar-refractivity contribution < 1.29 is 4.79 Å². The average Bonchev–Trinajstić information content (AvgIpc) is 2.13. The number of hydrogen-bond acceptors (Lipinski definition) is 3. The zero-order chi connectivity index (χ0) is 11.0. The number of nitrogens with one attached hydrogen (secondary N) is 1. The number of carbonyl (C=O) groups is 1. The zero-order valence-electron chi connectivity index (χ0n) is 9.17. The first-order chi connectivity index (χ1) is 6.57. The smallest absolute Gasteiger partial charge is 0.237 e. The molecule has 0 aromatic heterocycles. The molecule has 0 rings (SSSR count). The van der Waals surface area contributed by atoms with Crippen LogP contribution in [0.1, 0.15) is 20.3 Å². The van der Waals surface area contributed by atoms with Gasteiger partial charge in [-0.05, 0) is 32.3 Å². The number of amides is 1. The number of hydrogen-bond donors (Lipinski definition) is 2. The summed E-state index contributed by atoms with van der Waals surface area (Å²) in [6.45, 7) is 4.58. The van der Waals surface area contributed by atoms with Crippen LogP contribution in [0.2, 0.25) is 0 Å². The molecule has 0 aromatic carbocycles. The van der Waals surface area contributed by atoms with Crippen molar-refractivity contribution in [2.24, 2.45) is 5.73 Å². The zero-order valence-corrected chi connectivity index (χ0v) is 9.99. The van der Waals surface area contributed by atoms with Crippen molar-refractivity contribution in [2.45, 2.75) is 26.3 Å². The summed E-state index contributed by atoms with van der Waals surface area (Å²) in [7, 11) is 0. The van der Waals surface area contributed by atoms with E-state index in [-0.39, 0.29) is 11.9 Å². The van der Waals surface area contributed by atoms with Crippen molar-refractivity contribution >= 4 is 17.7 Å². The van der Waals surface area contributed by atoms with Gasteiger partial charge in [-0.2, -0.15) is 11.8 Å². The third-order valence-corrected chi connectivity index (χ3v) is 2.40. The molecule has 0 bridgehead atoms. The Labute approximate surface area is 90.5 Å². The molecule has 3 nitrogen and oxygen atoms in total. The molecule has 82 valence electrons. The molecule has 0 aliphatic rings. The molecule has 3 N–H and O–H groups in total. The van der Waals surface area contributed by atoms with Gasteiger partial charge in [0.1, 0.15) is 0 Å². The van der Waals surface area contributed by atoms with E-state index in [1.807, 2.05) is 26.2 Å². The molecule has 1 amide bonds. The molecule has 0 aliphatic heterocycles. The molecular formula is C10H20N2OS. The molecule has 0 radical (unpaired) electrons. The second-order valence-electron chi connectivity index (χ2n) is 3.41. The molecule has 0 heterocycles. The lowest BCUT2D eigenvalue weighted by Gasteiger charge is -2.10. The Morgan fingerprint density at radius 2 is 2.21 bits per heavy atom. The highest BCUT2D eigenvalue weighted by molar-refractivity contribution is 7.98. The fourth-order valence-corrected chi connectivity index (χ4v) is 1.35. The van der Waals surface area contributed by atoms with Gasteiger partial charge in [-0.25, -0.2) is 0 Å². The first-order valence-corrected chi connectivity index (χ1v) is 6.13. The normalized spacial score (nSPS) is 12.0. The average molecular weight is 216 g/mol. The number of allylic oxidation sites excluding steroid dienone is 1. The Morgan fingerprint density at radius 3 is 2.71 bits per heavy atom. The summed E-state index contributed by atoms with van der Waals surface area (Å²) in [6, 6.07) is -0.368. The first-order valence-electron chi connectivity index (χ1n) is 4.73. The highest BCUT2D eigenvalue weighted by atomic mass is 32.2. The molecule has 14 heavy (non-hydrogen) atoms. The summed E-state index contributed by atoms with van der Waals surface area (Å²) >= 11 is 1.70. The van der Waals surface area contributed by atoms with Gasteiger partial charge in [0.25, 0.3) is 0 Å². The van der Waals surface area contributed by atoms with E-state index in [2.05, 4.69) is 5.32 Å². The number of thioether (sulfide) groups is 1. The highest BCUT2D eigenvalue weighted by Crippen LogP contribution is 1.98. The van der Waals surface area contributed by atoms with E-state index in [0.717, 1.165) is 12.2 Å². The van der Waals surface area contributed by atoms with Crippen molar-refractivity contribution in [1.29, 1.82) is 0 Å². The van der Waals surface area contributed by atoms with Gasteiger partial charge < -0.3 is 11.1 Å². The van der Waals surface area contributed by atoms with Crippen molar-refractivity contribution in [2.75, 3.05) is 18.6 Å². The van der Waals surface area contributed by atoms with Gasteiger partial charge in [-0.1, -0.05) is 11.6 Å². The maximum atomic E-state index is 11.4. The van der Waals surface area contributed by atoms with Crippen molar-refractivity contribution in [3.05, 3.63) is 11.6 Å². The Hall–Kier alpha value is -0.480. The Balaban J connectivity index is 3.67. The molecule has 4 heteroatoms. The van der Waals surface area contributed by atoms with Gasteiger partial charge in [0, 0.05) is 6.54 Å². The Morgan fingerprint density at radius 1 is 1.57 bits per heavy atom. The standard InChI is InChI=1S/C10H20N2OS/c1-8(2)4-6-12-10(13)9(11)5-7-14-3/h4,9H,5-7,11H2,1-3H3,(H,12,13)/t9-/m0/s1. The SMILES string of the molecule is CSCC[C@H](N)C(=O)NCC=C(C)C. The largest absolute Gasteiger partial charge is 0.351 e. The van der Waals surface area contributed by atoms with Gasteiger partial charge in [-0.15, -0.1) is 0 Å². The van der Waals surface area contributed by atoms with Gasteiger partial charge in [-0.3, -0.25) is 4.79 Å². The lowest BCUT2D eigenvalue weighted by Crippen LogP contribution is -2.40. The van der Waals surface area contributed by atoms with Crippen molar-refractivity contribution in [3.8, 4) is 0 Å². The first kappa shape index (κ1) is 13.5. The second kappa shape index (κ2) is 7.88. The van der Waals surface area contributed by atoms with Gasteiger partial charge >= 0.3 is 0 Å². The van der Waals surface area contributed by atoms with Crippen LogP contribution in [0.3, 0.4) is 0 Å². The minimum absolute atomic E-state index is 0.0587. The predicted octanol–water partition coefficient (Wildman–Crippen LogP) is 1.15. The third kappa shape index (κ3) is 6.97. The molecule has 0 spiro atoms. The van der Waals surface area contributed by atoms with Crippen LogP contribution in [0.5, 0.6) is 0 Å². The fraction of sp³-hybridized carbons (Fsp3) is 0.700. The highest BCUT2D eigenvalue weighted by Gasteiger charge is 2.10. The number of rotatable bonds is 6. The van der Waals surface area contributed by atoms with Gasteiger partial charge in [0.05, 0.1) is 6.04 Å². The molecule has 0 unspecified atom stereocenters. The monoisotopic (exact) mass is 216 g/mol. The van der Waals surface area contributed by atoms with Crippen molar-refractivity contribution in [1.82, 2.24) is 5.32 Å². The lowest BCUT2D eigenvalue weighted by molar-refractivity contribution is -0.122. The molecule has 0 saturated heterocycles. The van der Waals surface area contributed by atoms with E-state index in [0.29, 0.717) is 6.54 Å². The quantitative estimate of drug-likeness (QED) is 0.655. The summed E-state index contributed by atoms with van der Waals surface area (Å²) in [5.41, 5.74) is 6.87. The second-order valence-corrected chi connectivity index (χ2v) is 4.40. The number of carbonyl (C=O) groups excluding carboxylic acids is 1. The van der Waals surface area contributed by atoms with Crippen LogP contribution >= 0.6 is 11.8 Å². The third-order valence-electron chi connectivity index (χ3n) is 1.76. The molecule has 0 fully saturated rings. The van der Waals surface area contributed by atoms with E-state index >= 15 is 0 Å². The van der Waals surface area contributed by atoms with Gasteiger partial charge in [0.15, 0.2) is 0 Å². The minimum atomic E-state index is -0.368. The van der Waals surface area contributed by atoms with Gasteiger partial charge in [0.2, 0.25) is 5.91 Å². The van der Waals surface area contributed by atoms with Crippen LogP contribution in [0, 0.1) is 0 Å². The van der Waals surface area contributed by atoms with E-state index in [1.54, 1.807) is 11.8 Å². The van der Waals surface area contributed by atoms with Crippen molar-refractivity contribution in [3.63, 3.8) is 0 Å². The molecule has 0 aliphatic carbocycles. The predicted molar refractivity (Wildman–Crippen MR) is 63.4 cm³/mol. The molecular weight excluding hydrogens is 196 g/mol. The topological polar surface area (TPSA) is 55.1 Å². The van der Waals surface area contributed by atoms with Crippen LogP contribution in [0.4, 0.5) is 0 Å². The number of nitrogens with two attached hydrogens (primary N) is 1. The maximum Gasteiger partial charge on any atom is 0.237 e. The summed E-state index contributed by atoms with van der Waals surface area (Å²) < 4.78 is 0. The molecule has 0 aromatic rings. The summed E-state index contributed by atoms with van der Waals surface area (Å²) in [5.74, 6) is 0.869. The Kier molecular flexibility index (Phi) is 7.61. The minimum Gasteiger partial charge on any atom is -0.351 e. The van der Waals surface area contributed by atoms with E-state index < -0.39 is 0 Å². The van der Waals surface area contributed by atoms with E-state index in [9.17, 15) is 4.79 Å². The fourth-order valence-electron chi connectivity index (χ4n) is 0.863. The molecule has 1 atom stereocenters. The maximum absolute atomic E-state index is 11.4. The van der Waals surface area contributed by atoms with Crippen LogP contribution in [-0.2, 0) is 4.79 Å². The summed E-state index contributed by atoms with van der Waals surface area (Å²) in [6.07, 6.45) is 4.72. The van der Waals surface area contributed by atoms with Crippen LogP contribution in [-0.4, -0.2) is 30.5 Å². The van der Waals surface area contributed by atoms with Crippen LogP contribution < -0.4 is 11.1 Å².